The first kappa shape index (κ1) is 29.8. The number of para-hydroxylation sites is 1. The number of amides is 2. The molecule has 0 spiro atoms. The number of benzene rings is 3. The number of aliphatic carboxylic acids is 1. The van der Waals surface area contributed by atoms with E-state index in [0.29, 0.717) is 42.2 Å². The second kappa shape index (κ2) is 13.5. The predicted molar refractivity (Wildman–Crippen MR) is 160 cm³/mol. The van der Waals surface area contributed by atoms with E-state index in [1.54, 1.807) is 12.1 Å². The third-order valence-electron chi connectivity index (χ3n) is 6.97. The van der Waals surface area contributed by atoms with E-state index in [1.165, 1.54) is 0 Å². The summed E-state index contributed by atoms with van der Waals surface area (Å²) in [6, 6.07) is 22.2. The minimum atomic E-state index is -0.969. The normalized spacial score (nSPS) is 13.7. The molecule has 1 saturated carbocycles. The van der Waals surface area contributed by atoms with E-state index in [9.17, 15) is 14.4 Å². The first-order valence-electron chi connectivity index (χ1n) is 14.4. The molecule has 4 rings (SSSR count). The van der Waals surface area contributed by atoms with Crippen molar-refractivity contribution in [3.63, 3.8) is 0 Å². The van der Waals surface area contributed by atoms with Crippen molar-refractivity contribution >= 4 is 17.8 Å². The Morgan fingerprint density at radius 3 is 2.32 bits per heavy atom. The van der Waals surface area contributed by atoms with Crippen LogP contribution in [-0.4, -0.2) is 35.0 Å². The minimum Gasteiger partial charge on any atom is -0.493 e. The lowest BCUT2D eigenvalue weighted by Gasteiger charge is -2.27. The average molecular weight is 557 g/mol. The molecule has 41 heavy (non-hydrogen) atoms. The van der Waals surface area contributed by atoms with E-state index in [-0.39, 0.29) is 18.2 Å². The highest BCUT2D eigenvalue weighted by Gasteiger charge is 2.31. The molecule has 0 aliphatic heterocycles. The van der Waals surface area contributed by atoms with Gasteiger partial charge < -0.3 is 20.5 Å². The smallest absolute Gasteiger partial charge is 0.303 e. The van der Waals surface area contributed by atoms with Crippen LogP contribution in [0.2, 0.25) is 0 Å². The van der Waals surface area contributed by atoms with Gasteiger partial charge in [-0.15, -0.1) is 0 Å². The van der Waals surface area contributed by atoms with Crippen molar-refractivity contribution < 1.29 is 24.2 Å². The van der Waals surface area contributed by atoms with Gasteiger partial charge in [-0.1, -0.05) is 54.6 Å². The van der Waals surface area contributed by atoms with Crippen molar-refractivity contribution in [3.05, 3.63) is 89.5 Å². The zero-order valence-electron chi connectivity index (χ0n) is 24.1. The van der Waals surface area contributed by atoms with E-state index in [4.69, 9.17) is 9.84 Å². The van der Waals surface area contributed by atoms with E-state index >= 15 is 0 Å². The summed E-state index contributed by atoms with van der Waals surface area (Å²) in [5, 5.41) is 14.8. The van der Waals surface area contributed by atoms with Crippen LogP contribution in [-0.2, 0) is 9.59 Å². The number of hydrogen-bond donors (Lipinski definition) is 3. The summed E-state index contributed by atoms with van der Waals surface area (Å²) in [6.45, 7) is 6.07. The lowest BCUT2D eigenvalue weighted by molar-refractivity contribution is -0.137. The van der Waals surface area contributed by atoms with Crippen molar-refractivity contribution in [1.82, 2.24) is 10.6 Å². The third kappa shape index (κ3) is 8.68. The number of hydrogen-bond acceptors (Lipinski definition) is 4. The van der Waals surface area contributed by atoms with Crippen LogP contribution in [0.25, 0.3) is 11.1 Å². The van der Waals surface area contributed by atoms with E-state index in [1.807, 2.05) is 69.3 Å². The summed E-state index contributed by atoms with van der Waals surface area (Å²) in [7, 11) is 0. The van der Waals surface area contributed by atoms with Crippen LogP contribution < -0.4 is 15.4 Å². The number of carbonyl (C=O) groups is 3. The van der Waals surface area contributed by atoms with Crippen molar-refractivity contribution in [2.24, 2.45) is 0 Å². The Morgan fingerprint density at radius 1 is 0.927 bits per heavy atom. The van der Waals surface area contributed by atoms with Crippen LogP contribution >= 0.6 is 0 Å². The van der Waals surface area contributed by atoms with Gasteiger partial charge in [-0.2, -0.15) is 0 Å². The predicted octanol–water partition coefficient (Wildman–Crippen LogP) is 6.64. The lowest BCUT2D eigenvalue weighted by Crippen LogP contribution is -2.47. The quantitative estimate of drug-likeness (QED) is 0.205. The third-order valence-corrected chi connectivity index (χ3v) is 6.97. The van der Waals surface area contributed by atoms with Gasteiger partial charge in [0.05, 0.1) is 6.61 Å². The Kier molecular flexibility index (Phi) is 9.82. The number of carboxylic acid groups (broad SMARTS) is 1. The Balaban J connectivity index is 1.56. The van der Waals surface area contributed by atoms with Gasteiger partial charge in [0.1, 0.15) is 11.8 Å². The first-order valence-corrected chi connectivity index (χ1v) is 14.4. The Hall–Kier alpha value is -4.13. The molecule has 0 bridgehead atoms. The van der Waals surface area contributed by atoms with E-state index in [0.717, 1.165) is 36.0 Å². The van der Waals surface area contributed by atoms with Crippen LogP contribution in [0.5, 0.6) is 5.75 Å². The van der Waals surface area contributed by atoms with Crippen molar-refractivity contribution in [3.8, 4) is 16.9 Å². The van der Waals surface area contributed by atoms with Gasteiger partial charge in [-0.05, 0) is 93.7 Å². The summed E-state index contributed by atoms with van der Waals surface area (Å²) < 4.78 is 6.04. The first-order chi connectivity index (χ1) is 19.6. The minimum absolute atomic E-state index is 0.131. The van der Waals surface area contributed by atoms with Gasteiger partial charge in [-0.25, -0.2) is 0 Å². The van der Waals surface area contributed by atoms with E-state index < -0.39 is 17.6 Å². The topological polar surface area (TPSA) is 105 Å². The molecule has 0 heterocycles. The van der Waals surface area contributed by atoms with Gasteiger partial charge in [0.15, 0.2) is 0 Å². The molecule has 3 N–H and O–H groups in total. The maximum Gasteiger partial charge on any atom is 0.303 e. The molecule has 216 valence electrons. The number of rotatable bonds is 13. The molecule has 3 aromatic rings. The molecule has 0 radical (unpaired) electrons. The standard InChI is InChI=1S/C34H40N2O5/c1-34(2,3)36-33(40)31(27-14-9-10-15-29(27)41-21-11-5-8-16-30(37)38)35-32(39)25-19-20-26(23-12-6-4-7-13-23)28(22-25)24-17-18-24/h4,6-7,9-10,12-15,19-20,22,24,31H,5,8,11,16-18,21H2,1-3H3,(H,35,39)(H,36,40)(H,37,38). The van der Waals surface area contributed by atoms with Crippen LogP contribution in [0.4, 0.5) is 0 Å². The summed E-state index contributed by atoms with van der Waals surface area (Å²) in [6.07, 6.45) is 4.32. The molecule has 7 nitrogen and oxygen atoms in total. The number of carboxylic acids is 1. The van der Waals surface area contributed by atoms with Crippen LogP contribution in [0, 0.1) is 0 Å². The maximum absolute atomic E-state index is 13.7. The Labute approximate surface area is 242 Å². The summed E-state index contributed by atoms with van der Waals surface area (Å²) >= 11 is 0. The average Bonchev–Trinajstić information content (AvgIpc) is 3.78. The van der Waals surface area contributed by atoms with Crippen LogP contribution in [0.15, 0.2) is 72.8 Å². The van der Waals surface area contributed by atoms with Crippen molar-refractivity contribution in [2.75, 3.05) is 6.61 Å². The largest absolute Gasteiger partial charge is 0.493 e. The highest BCUT2D eigenvalue weighted by Crippen LogP contribution is 2.44. The fourth-order valence-electron chi connectivity index (χ4n) is 4.85. The maximum atomic E-state index is 13.7. The van der Waals surface area contributed by atoms with Crippen LogP contribution in [0.1, 0.15) is 92.7 Å². The lowest BCUT2D eigenvalue weighted by atomic mass is 9.94. The molecule has 1 fully saturated rings. The molecule has 1 aliphatic carbocycles. The molecule has 2 amide bonds. The summed E-state index contributed by atoms with van der Waals surface area (Å²) in [5.74, 6) is -0.518. The monoisotopic (exact) mass is 556 g/mol. The molecule has 3 aromatic carbocycles. The summed E-state index contributed by atoms with van der Waals surface area (Å²) in [5.41, 5.74) is 3.99. The Morgan fingerprint density at radius 2 is 1.63 bits per heavy atom. The molecule has 0 aromatic heterocycles. The summed E-state index contributed by atoms with van der Waals surface area (Å²) in [4.78, 5) is 38.0. The molecule has 1 unspecified atom stereocenters. The van der Waals surface area contributed by atoms with Crippen LogP contribution in [0.3, 0.4) is 0 Å². The Bertz CT molecular complexity index is 1360. The molecular formula is C34H40N2O5. The zero-order chi connectivity index (χ0) is 29.4. The molecule has 0 saturated heterocycles. The molecule has 7 heteroatoms. The molecular weight excluding hydrogens is 516 g/mol. The second-order valence-electron chi connectivity index (χ2n) is 11.7. The fraction of sp³-hybridized carbons (Fsp3) is 0.382. The number of ether oxygens (including phenoxy) is 1. The SMILES string of the molecule is CC(C)(C)NC(=O)C(NC(=O)c1ccc(-c2ccccc2)c(C2CC2)c1)c1ccccc1OCCCCCC(=O)O. The van der Waals surface area contributed by atoms with Gasteiger partial charge in [0.25, 0.3) is 5.91 Å². The number of unbranched alkanes of at least 4 members (excludes halogenated alkanes) is 2. The van der Waals surface area contributed by atoms with Crippen molar-refractivity contribution in [1.29, 1.82) is 0 Å². The molecule has 1 aliphatic rings. The highest BCUT2D eigenvalue weighted by molar-refractivity contribution is 5.99. The van der Waals surface area contributed by atoms with Gasteiger partial charge in [0.2, 0.25) is 5.91 Å². The van der Waals surface area contributed by atoms with Crippen molar-refractivity contribution in [2.45, 2.75) is 76.8 Å². The van der Waals surface area contributed by atoms with Gasteiger partial charge in [-0.3, -0.25) is 14.4 Å². The zero-order valence-corrected chi connectivity index (χ0v) is 24.1. The fourth-order valence-corrected chi connectivity index (χ4v) is 4.85. The highest BCUT2D eigenvalue weighted by atomic mass is 16.5. The number of nitrogens with one attached hydrogen (secondary N) is 2. The number of carbonyl (C=O) groups excluding carboxylic acids is 2. The second-order valence-corrected chi connectivity index (χ2v) is 11.7. The van der Waals surface area contributed by atoms with Gasteiger partial charge in [0, 0.05) is 23.1 Å². The van der Waals surface area contributed by atoms with Gasteiger partial charge >= 0.3 is 5.97 Å². The molecule has 1 atom stereocenters. The van der Waals surface area contributed by atoms with E-state index in [2.05, 4.69) is 22.8 Å².